The highest BCUT2D eigenvalue weighted by atomic mass is 16.6. The van der Waals surface area contributed by atoms with Gasteiger partial charge < -0.3 is 27.9 Å². The number of para-hydroxylation sites is 1. The van der Waals surface area contributed by atoms with Crippen LogP contribution in [0.15, 0.2) is 86.4 Å². The van der Waals surface area contributed by atoms with Crippen LogP contribution in [0.5, 0.6) is 11.5 Å². The predicted octanol–water partition coefficient (Wildman–Crippen LogP) is 5.71. The highest BCUT2D eigenvalue weighted by Crippen LogP contribution is 2.40. The SMILES string of the molecule is COc1cccc2cc(-c3cc(=O)oc4cc(-c5ccccc5)c(OC(=O)N5CCOCC5)cc34)oc12. The minimum Gasteiger partial charge on any atom is -0.493 e. The fourth-order valence-electron chi connectivity index (χ4n) is 4.55. The van der Waals surface area contributed by atoms with Crippen LogP contribution in [0, 0.1) is 0 Å². The molecule has 1 aliphatic heterocycles. The summed E-state index contributed by atoms with van der Waals surface area (Å²) in [7, 11) is 1.57. The largest absolute Gasteiger partial charge is 0.493 e. The van der Waals surface area contributed by atoms with Crippen molar-refractivity contribution in [2.75, 3.05) is 33.4 Å². The number of hydrogen-bond acceptors (Lipinski definition) is 7. The summed E-state index contributed by atoms with van der Waals surface area (Å²) in [5.41, 5.74) is 2.36. The molecule has 0 bridgehead atoms. The molecule has 2 aromatic heterocycles. The van der Waals surface area contributed by atoms with Crippen LogP contribution in [0.4, 0.5) is 4.79 Å². The lowest BCUT2D eigenvalue weighted by atomic mass is 10.00. The summed E-state index contributed by atoms with van der Waals surface area (Å²) in [4.78, 5) is 27.2. The molecule has 3 aromatic carbocycles. The van der Waals surface area contributed by atoms with Gasteiger partial charge in [-0.2, -0.15) is 0 Å². The third-order valence-corrected chi connectivity index (χ3v) is 6.39. The topological polar surface area (TPSA) is 91.4 Å². The van der Waals surface area contributed by atoms with Gasteiger partial charge in [0.15, 0.2) is 11.3 Å². The first-order valence-corrected chi connectivity index (χ1v) is 11.9. The Hall–Kier alpha value is -4.56. The smallest absolute Gasteiger partial charge is 0.415 e. The number of carbonyl (C=O) groups is 1. The third kappa shape index (κ3) is 4.32. The number of benzene rings is 3. The lowest BCUT2D eigenvalue weighted by Crippen LogP contribution is -2.42. The van der Waals surface area contributed by atoms with Crippen LogP contribution in [-0.4, -0.2) is 44.4 Å². The molecule has 8 heteroatoms. The zero-order chi connectivity index (χ0) is 25.4. The van der Waals surface area contributed by atoms with Crippen molar-refractivity contribution in [3.8, 4) is 33.9 Å². The Morgan fingerprint density at radius 2 is 1.68 bits per heavy atom. The van der Waals surface area contributed by atoms with E-state index >= 15 is 0 Å². The van der Waals surface area contributed by atoms with Crippen molar-refractivity contribution in [3.05, 3.63) is 83.2 Å². The van der Waals surface area contributed by atoms with Gasteiger partial charge in [0.2, 0.25) is 0 Å². The fraction of sp³-hybridized carbons (Fsp3) is 0.172. The van der Waals surface area contributed by atoms with Crippen molar-refractivity contribution in [2.24, 2.45) is 0 Å². The van der Waals surface area contributed by atoms with Crippen LogP contribution in [0.3, 0.4) is 0 Å². The first-order valence-electron chi connectivity index (χ1n) is 11.9. The number of amides is 1. The quantitative estimate of drug-likeness (QED) is 0.294. The molecule has 1 fully saturated rings. The summed E-state index contributed by atoms with van der Waals surface area (Å²) >= 11 is 0. The van der Waals surface area contributed by atoms with Gasteiger partial charge in [-0.05, 0) is 29.8 Å². The molecule has 37 heavy (non-hydrogen) atoms. The van der Waals surface area contributed by atoms with Gasteiger partial charge in [0, 0.05) is 41.1 Å². The summed E-state index contributed by atoms with van der Waals surface area (Å²) < 4.78 is 28.4. The van der Waals surface area contributed by atoms with Crippen molar-refractivity contribution in [1.29, 1.82) is 0 Å². The van der Waals surface area contributed by atoms with E-state index in [2.05, 4.69) is 0 Å². The molecule has 3 heterocycles. The summed E-state index contributed by atoms with van der Waals surface area (Å²) in [6.07, 6.45) is -0.466. The van der Waals surface area contributed by atoms with Crippen LogP contribution in [0.25, 0.3) is 44.4 Å². The predicted molar refractivity (Wildman–Crippen MR) is 138 cm³/mol. The zero-order valence-electron chi connectivity index (χ0n) is 20.1. The molecule has 0 unspecified atom stereocenters. The normalized spacial score (nSPS) is 13.7. The number of methoxy groups -OCH3 is 1. The average Bonchev–Trinajstić information content (AvgIpc) is 3.38. The maximum absolute atomic E-state index is 13.0. The first-order chi connectivity index (χ1) is 18.1. The Morgan fingerprint density at radius 3 is 2.46 bits per heavy atom. The molecule has 1 amide bonds. The van der Waals surface area contributed by atoms with E-state index in [4.69, 9.17) is 23.0 Å². The summed E-state index contributed by atoms with van der Waals surface area (Å²) in [5.74, 6) is 1.40. The molecule has 5 aromatic rings. The number of carbonyl (C=O) groups excluding carboxylic acids is 1. The number of furan rings is 1. The van der Waals surface area contributed by atoms with Crippen LogP contribution >= 0.6 is 0 Å². The summed E-state index contributed by atoms with van der Waals surface area (Å²) in [6, 6.07) is 21.7. The summed E-state index contributed by atoms with van der Waals surface area (Å²) in [6.45, 7) is 1.83. The molecule has 6 rings (SSSR count). The monoisotopic (exact) mass is 497 g/mol. The van der Waals surface area contributed by atoms with Crippen LogP contribution in [-0.2, 0) is 4.74 Å². The molecule has 0 spiro atoms. The number of hydrogen-bond donors (Lipinski definition) is 0. The van der Waals surface area contributed by atoms with E-state index < -0.39 is 11.7 Å². The van der Waals surface area contributed by atoms with E-state index in [0.29, 0.717) is 71.2 Å². The van der Waals surface area contributed by atoms with Gasteiger partial charge >= 0.3 is 11.7 Å². The average molecular weight is 498 g/mol. The van der Waals surface area contributed by atoms with Crippen LogP contribution < -0.4 is 15.1 Å². The van der Waals surface area contributed by atoms with Gasteiger partial charge in [0.1, 0.15) is 17.1 Å². The molecule has 0 N–H and O–H groups in total. The lowest BCUT2D eigenvalue weighted by Gasteiger charge is -2.26. The standard InChI is InChI=1S/C29H23NO7/c1-33-23-9-5-8-19-14-24(36-28(19)23)22-17-27(31)35-26-15-20(18-6-3-2-4-7-18)25(16-21(22)26)37-29(32)30-10-12-34-13-11-30/h2-9,14-17H,10-13H2,1H3. The fourth-order valence-corrected chi connectivity index (χ4v) is 4.55. The highest BCUT2D eigenvalue weighted by molar-refractivity contribution is 5.99. The van der Waals surface area contributed by atoms with E-state index in [1.807, 2.05) is 54.6 Å². The Morgan fingerprint density at radius 1 is 0.865 bits per heavy atom. The third-order valence-electron chi connectivity index (χ3n) is 6.39. The molecular weight excluding hydrogens is 474 g/mol. The maximum Gasteiger partial charge on any atom is 0.415 e. The van der Waals surface area contributed by atoms with Gasteiger partial charge in [0.25, 0.3) is 0 Å². The Kier molecular flexibility index (Phi) is 5.86. The van der Waals surface area contributed by atoms with Crippen molar-refractivity contribution in [3.63, 3.8) is 0 Å². The maximum atomic E-state index is 13.0. The van der Waals surface area contributed by atoms with Gasteiger partial charge in [-0.25, -0.2) is 9.59 Å². The molecule has 0 aliphatic carbocycles. The molecule has 0 saturated carbocycles. The van der Waals surface area contributed by atoms with Crippen molar-refractivity contribution >= 4 is 28.0 Å². The highest BCUT2D eigenvalue weighted by Gasteiger charge is 2.23. The number of nitrogens with zero attached hydrogens (tertiary/aromatic N) is 1. The van der Waals surface area contributed by atoms with Crippen molar-refractivity contribution in [1.82, 2.24) is 4.90 Å². The number of ether oxygens (including phenoxy) is 3. The van der Waals surface area contributed by atoms with E-state index in [0.717, 1.165) is 10.9 Å². The van der Waals surface area contributed by atoms with E-state index in [1.54, 1.807) is 24.1 Å². The minimum absolute atomic E-state index is 0.346. The molecule has 8 nitrogen and oxygen atoms in total. The van der Waals surface area contributed by atoms with Crippen LogP contribution in [0.1, 0.15) is 0 Å². The van der Waals surface area contributed by atoms with Gasteiger partial charge in [0.05, 0.1) is 20.3 Å². The number of fused-ring (bicyclic) bond motifs is 2. The van der Waals surface area contributed by atoms with E-state index in [-0.39, 0.29) is 0 Å². The van der Waals surface area contributed by atoms with Gasteiger partial charge in [-0.3, -0.25) is 0 Å². The Balaban J connectivity index is 1.53. The van der Waals surface area contributed by atoms with Crippen molar-refractivity contribution in [2.45, 2.75) is 0 Å². The molecule has 1 saturated heterocycles. The molecule has 1 aliphatic rings. The molecular formula is C29H23NO7. The molecule has 0 atom stereocenters. The van der Waals surface area contributed by atoms with Gasteiger partial charge in [-0.15, -0.1) is 0 Å². The zero-order valence-corrected chi connectivity index (χ0v) is 20.1. The van der Waals surface area contributed by atoms with Gasteiger partial charge in [-0.1, -0.05) is 42.5 Å². The van der Waals surface area contributed by atoms with Crippen molar-refractivity contribution < 1.29 is 27.8 Å². The Bertz CT molecular complexity index is 1660. The van der Waals surface area contributed by atoms with E-state index in [9.17, 15) is 9.59 Å². The number of rotatable bonds is 4. The second-order valence-electron chi connectivity index (χ2n) is 8.65. The second-order valence-corrected chi connectivity index (χ2v) is 8.65. The first kappa shape index (κ1) is 22.9. The number of morpholine rings is 1. The van der Waals surface area contributed by atoms with Crippen LogP contribution in [0.2, 0.25) is 0 Å². The summed E-state index contributed by atoms with van der Waals surface area (Å²) in [5, 5.41) is 1.40. The minimum atomic E-state index is -0.521. The molecule has 0 radical (unpaired) electrons. The lowest BCUT2D eigenvalue weighted by molar-refractivity contribution is 0.0416. The Labute approximate surface area is 211 Å². The van der Waals surface area contributed by atoms with E-state index in [1.165, 1.54) is 6.07 Å². The second kappa shape index (κ2) is 9.48. The molecule has 186 valence electrons.